The van der Waals surface area contributed by atoms with Crippen LogP contribution in [0.1, 0.15) is 37.7 Å². The number of carbonyl (C=O) groups excluding carboxylic acids is 1. The van der Waals surface area contributed by atoms with Crippen molar-refractivity contribution in [1.82, 2.24) is 0 Å². The fraction of sp³-hybridized carbons (Fsp3) is 0.353. The summed E-state index contributed by atoms with van der Waals surface area (Å²) in [6, 6.07) is 10.2. The van der Waals surface area contributed by atoms with E-state index in [2.05, 4.69) is 24.0 Å². The quantitative estimate of drug-likeness (QED) is 0.567. The third-order valence-corrected chi connectivity index (χ3v) is 3.28. The van der Waals surface area contributed by atoms with Crippen LogP contribution in [0.4, 0.5) is 0 Å². The maximum Gasteiger partial charge on any atom is 0.146 e. The van der Waals surface area contributed by atoms with Gasteiger partial charge in [-0.05, 0) is 31.2 Å². The van der Waals surface area contributed by atoms with Gasteiger partial charge in [0.2, 0.25) is 0 Å². The van der Waals surface area contributed by atoms with E-state index in [-0.39, 0.29) is 0 Å². The number of benzene rings is 1. The summed E-state index contributed by atoms with van der Waals surface area (Å²) in [4.78, 5) is 11.0. The first kappa shape index (κ1) is 12.6. The van der Waals surface area contributed by atoms with E-state index in [1.165, 1.54) is 12.0 Å². The van der Waals surface area contributed by atoms with E-state index < -0.39 is 0 Å². The first-order valence-electron chi connectivity index (χ1n) is 6.60. The van der Waals surface area contributed by atoms with Crippen molar-refractivity contribution >= 4 is 6.29 Å². The molecular weight excluding hydrogens is 220 g/mol. The third-order valence-electron chi connectivity index (χ3n) is 3.28. The zero-order chi connectivity index (χ0) is 12.6. The molecule has 18 heavy (non-hydrogen) atoms. The molecule has 0 amide bonds. The Kier molecular flexibility index (Phi) is 4.78. The lowest BCUT2D eigenvalue weighted by atomic mass is 10.0. The molecule has 0 bridgehead atoms. The van der Waals surface area contributed by atoms with Crippen molar-refractivity contribution in [3.8, 4) is 11.8 Å². The Bertz CT molecular complexity index is 485. The zero-order valence-corrected chi connectivity index (χ0v) is 10.6. The standard InChI is InChI=1S/C17H18O/c18-14-17-12-6-2-5-11-16(17)13-7-10-15-8-3-1-4-9-15/h1,3-4,8-9,14H,2,5-6,10-12H2. The average Bonchev–Trinajstić information content (AvgIpc) is 2.65. The van der Waals surface area contributed by atoms with Crippen LogP contribution in [0.2, 0.25) is 0 Å². The van der Waals surface area contributed by atoms with Gasteiger partial charge in [-0.3, -0.25) is 4.79 Å². The summed E-state index contributed by atoms with van der Waals surface area (Å²) in [5.74, 6) is 6.41. The van der Waals surface area contributed by atoms with Gasteiger partial charge in [0.25, 0.3) is 0 Å². The van der Waals surface area contributed by atoms with Gasteiger partial charge in [0.1, 0.15) is 6.29 Å². The molecule has 0 heterocycles. The second kappa shape index (κ2) is 6.81. The molecule has 1 heteroatoms. The van der Waals surface area contributed by atoms with Gasteiger partial charge in [0.15, 0.2) is 0 Å². The molecule has 0 saturated carbocycles. The van der Waals surface area contributed by atoms with E-state index in [9.17, 15) is 4.79 Å². The highest BCUT2D eigenvalue weighted by molar-refractivity contribution is 5.76. The van der Waals surface area contributed by atoms with Crippen molar-refractivity contribution in [1.29, 1.82) is 0 Å². The molecule has 1 aromatic rings. The molecular formula is C17H18O. The van der Waals surface area contributed by atoms with Gasteiger partial charge in [0.05, 0.1) is 0 Å². The minimum atomic E-state index is 0.760. The summed E-state index contributed by atoms with van der Waals surface area (Å²) in [6.45, 7) is 0. The van der Waals surface area contributed by atoms with Gasteiger partial charge in [-0.25, -0.2) is 0 Å². The van der Waals surface area contributed by atoms with Crippen LogP contribution < -0.4 is 0 Å². The van der Waals surface area contributed by atoms with Gasteiger partial charge in [-0.1, -0.05) is 48.6 Å². The van der Waals surface area contributed by atoms with Crippen LogP contribution in [-0.2, 0) is 11.2 Å². The zero-order valence-electron chi connectivity index (χ0n) is 10.6. The monoisotopic (exact) mass is 238 g/mol. The van der Waals surface area contributed by atoms with Crippen molar-refractivity contribution in [2.45, 2.75) is 38.5 Å². The molecule has 0 fully saturated rings. The maximum atomic E-state index is 11.0. The summed E-state index contributed by atoms with van der Waals surface area (Å²) < 4.78 is 0. The minimum Gasteiger partial charge on any atom is -0.298 e. The highest BCUT2D eigenvalue weighted by Gasteiger charge is 2.08. The largest absolute Gasteiger partial charge is 0.298 e. The van der Waals surface area contributed by atoms with E-state index in [4.69, 9.17) is 0 Å². The Morgan fingerprint density at radius 2 is 1.83 bits per heavy atom. The van der Waals surface area contributed by atoms with E-state index in [1.54, 1.807) is 0 Å². The van der Waals surface area contributed by atoms with Crippen LogP contribution in [0.3, 0.4) is 0 Å². The molecule has 0 aliphatic heterocycles. The lowest BCUT2D eigenvalue weighted by molar-refractivity contribution is -0.105. The molecule has 2 rings (SSSR count). The topological polar surface area (TPSA) is 17.1 Å². The fourth-order valence-corrected chi connectivity index (χ4v) is 2.23. The van der Waals surface area contributed by atoms with Gasteiger partial charge in [0, 0.05) is 17.6 Å². The van der Waals surface area contributed by atoms with E-state index in [1.807, 2.05) is 18.2 Å². The summed E-state index contributed by atoms with van der Waals surface area (Å²) in [7, 11) is 0. The van der Waals surface area contributed by atoms with Crippen molar-refractivity contribution < 1.29 is 4.79 Å². The number of carbonyl (C=O) groups is 1. The highest BCUT2D eigenvalue weighted by atomic mass is 16.1. The van der Waals surface area contributed by atoms with E-state index >= 15 is 0 Å². The first-order chi connectivity index (χ1) is 8.90. The molecule has 0 spiro atoms. The SMILES string of the molecule is O=CC1=C(C#CCc2ccccc2)CCCCC1. The van der Waals surface area contributed by atoms with Crippen LogP contribution in [0.25, 0.3) is 0 Å². The molecule has 0 atom stereocenters. The molecule has 0 radical (unpaired) electrons. The summed E-state index contributed by atoms with van der Waals surface area (Å²) in [5, 5.41) is 0. The van der Waals surface area contributed by atoms with Crippen molar-refractivity contribution in [3.63, 3.8) is 0 Å². The first-order valence-corrected chi connectivity index (χ1v) is 6.60. The number of hydrogen-bond donors (Lipinski definition) is 0. The lowest BCUT2D eigenvalue weighted by Crippen LogP contribution is -1.90. The molecule has 1 aromatic carbocycles. The third kappa shape index (κ3) is 3.60. The van der Waals surface area contributed by atoms with Gasteiger partial charge < -0.3 is 0 Å². The van der Waals surface area contributed by atoms with Crippen molar-refractivity contribution in [2.24, 2.45) is 0 Å². The fourth-order valence-electron chi connectivity index (χ4n) is 2.23. The molecule has 1 aliphatic rings. The minimum absolute atomic E-state index is 0.760. The summed E-state index contributed by atoms with van der Waals surface area (Å²) in [6.07, 6.45) is 7.12. The van der Waals surface area contributed by atoms with E-state index in [0.29, 0.717) is 0 Å². The highest BCUT2D eigenvalue weighted by Crippen LogP contribution is 2.21. The Balaban J connectivity index is 2.07. The smallest absolute Gasteiger partial charge is 0.146 e. The molecule has 0 saturated heterocycles. The number of rotatable bonds is 2. The van der Waals surface area contributed by atoms with Crippen LogP contribution in [0, 0.1) is 11.8 Å². The molecule has 0 aromatic heterocycles. The van der Waals surface area contributed by atoms with Crippen LogP contribution in [-0.4, -0.2) is 6.29 Å². The molecule has 0 unspecified atom stereocenters. The van der Waals surface area contributed by atoms with E-state index in [0.717, 1.165) is 49.5 Å². The number of hydrogen-bond acceptors (Lipinski definition) is 1. The predicted molar refractivity (Wildman–Crippen MR) is 74.1 cm³/mol. The van der Waals surface area contributed by atoms with Crippen LogP contribution in [0.5, 0.6) is 0 Å². The average molecular weight is 238 g/mol. The summed E-state index contributed by atoms with van der Waals surface area (Å²) >= 11 is 0. The summed E-state index contributed by atoms with van der Waals surface area (Å²) in [5.41, 5.74) is 3.22. The Morgan fingerprint density at radius 3 is 2.61 bits per heavy atom. The number of aldehydes is 1. The second-order valence-electron chi connectivity index (χ2n) is 4.65. The van der Waals surface area contributed by atoms with Crippen molar-refractivity contribution in [2.75, 3.05) is 0 Å². The normalized spacial score (nSPS) is 15.6. The number of allylic oxidation sites excluding steroid dienone is 2. The molecule has 1 aliphatic carbocycles. The molecule has 1 nitrogen and oxygen atoms in total. The van der Waals surface area contributed by atoms with Crippen LogP contribution in [0.15, 0.2) is 41.5 Å². The van der Waals surface area contributed by atoms with Gasteiger partial charge >= 0.3 is 0 Å². The molecule has 0 N–H and O–H groups in total. The Hall–Kier alpha value is -1.81. The van der Waals surface area contributed by atoms with Gasteiger partial charge in [-0.2, -0.15) is 0 Å². The second-order valence-corrected chi connectivity index (χ2v) is 4.65. The van der Waals surface area contributed by atoms with Crippen molar-refractivity contribution in [3.05, 3.63) is 47.0 Å². The molecule has 92 valence electrons. The Labute approximate surface area is 109 Å². The van der Waals surface area contributed by atoms with Crippen LogP contribution >= 0.6 is 0 Å². The Morgan fingerprint density at radius 1 is 1.06 bits per heavy atom. The lowest BCUT2D eigenvalue weighted by Gasteiger charge is -1.99. The van der Waals surface area contributed by atoms with Gasteiger partial charge in [-0.15, -0.1) is 0 Å². The predicted octanol–water partition coefficient (Wildman–Crippen LogP) is 3.69. The maximum absolute atomic E-state index is 11.0.